The number of rotatable bonds is 6. The van der Waals surface area contributed by atoms with Crippen LogP contribution in [0.15, 0.2) is 40.9 Å². The summed E-state index contributed by atoms with van der Waals surface area (Å²) in [6, 6.07) is 11.8. The molecular weight excluding hydrogens is 350 g/mol. The molecule has 2 aromatic carbocycles. The Balaban J connectivity index is 2.08. The Kier molecular flexibility index (Phi) is 6.09. The Morgan fingerprint density at radius 2 is 2.00 bits per heavy atom. The van der Waals surface area contributed by atoms with Crippen LogP contribution >= 0.6 is 27.5 Å². The second-order valence-electron chi connectivity index (χ2n) is 4.95. The number of aryl methyl sites for hydroxylation is 1. The minimum atomic E-state index is 0.631. The van der Waals surface area contributed by atoms with Gasteiger partial charge in [0, 0.05) is 11.0 Å². The van der Waals surface area contributed by atoms with Crippen LogP contribution in [0.25, 0.3) is 0 Å². The molecular formula is C17H19BrClNO. The average molecular weight is 369 g/mol. The summed E-state index contributed by atoms with van der Waals surface area (Å²) >= 11 is 9.78. The van der Waals surface area contributed by atoms with E-state index < -0.39 is 0 Å². The average Bonchev–Trinajstić information content (AvgIpc) is 2.46. The van der Waals surface area contributed by atoms with E-state index in [1.165, 1.54) is 0 Å². The van der Waals surface area contributed by atoms with Gasteiger partial charge < -0.3 is 10.1 Å². The number of halogens is 2. The number of nitrogens with one attached hydrogen (secondary N) is 1. The first kappa shape index (κ1) is 16.3. The van der Waals surface area contributed by atoms with Crippen molar-refractivity contribution in [3.63, 3.8) is 0 Å². The van der Waals surface area contributed by atoms with Gasteiger partial charge in [-0.15, -0.1) is 0 Å². The third kappa shape index (κ3) is 4.73. The summed E-state index contributed by atoms with van der Waals surface area (Å²) in [5.74, 6) is 1.46. The van der Waals surface area contributed by atoms with E-state index in [-0.39, 0.29) is 0 Å². The molecule has 0 unspecified atom stereocenters. The zero-order chi connectivity index (χ0) is 15.2. The lowest BCUT2D eigenvalue weighted by Crippen LogP contribution is -2.13. The third-order valence-corrected chi connectivity index (χ3v) is 4.29. The van der Waals surface area contributed by atoms with Crippen molar-refractivity contribution < 1.29 is 4.74 Å². The van der Waals surface area contributed by atoms with Gasteiger partial charge in [-0.05, 0) is 61.3 Å². The van der Waals surface area contributed by atoms with Crippen molar-refractivity contribution in [3.05, 3.63) is 57.0 Å². The molecule has 0 aliphatic carbocycles. The lowest BCUT2D eigenvalue weighted by atomic mass is 10.2. The van der Waals surface area contributed by atoms with Gasteiger partial charge in [0.25, 0.3) is 0 Å². The summed E-state index contributed by atoms with van der Waals surface area (Å²) in [6.45, 7) is 6.01. The normalized spacial score (nSPS) is 10.7. The molecule has 2 aromatic rings. The van der Waals surface area contributed by atoms with Crippen LogP contribution < -0.4 is 10.1 Å². The number of ether oxygens (including phenoxy) is 1. The van der Waals surface area contributed by atoms with Crippen LogP contribution in [0.2, 0.25) is 5.02 Å². The Morgan fingerprint density at radius 1 is 1.19 bits per heavy atom. The minimum Gasteiger partial charge on any atom is -0.456 e. The zero-order valence-electron chi connectivity index (χ0n) is 12.2. The standard InChI is InChI=1S/C17H19BrClNO/c1-3-8-20-11-13-4-7-17(16(19)10-13)21-14-5-6-15(18)12(2)9-14/h4-7,9-10,20H,3,8,11H2,1-2H3. The molecule has 0 saturated heterocycles. The first-order chi connectivity index (χ1) is 10.1. The predicted octanol–water partition coefficient (Wildman–Crippen LogP) is 5.70. The molecule has 0 aliphatic heterocycles. The fourth-order valence-electron chi connectivity index (χ4n) is 1.95. The van der Waals surface area contributed by atoms with Gasteiger partial charge in [0.2, 0.25) is 0 Å². The molecule has 0 amide bonds. The predicted molar refractivity (Wildman–Crippen MR) is 92.4 cm³/mol. The van der Waals surface area contributed by atoms with Crippen molar-refractivity contribution >= 4 is 27.5 Å². The van der Waals surface area contributed by atoms with Crippen LogP contribution in [-0.2, 0) is 6.54 Å². The Morgan fingerprint density at radius 3 is 2.67 bits per heavy atom. The SMILES string of the molecule is CCCNCc1ccc(Oc2ccc(Br)c(C)c2)c(Cl)c1. The van der Waals surface area contributed by atoms with E-state index in [4.69, 9.17) is 16.3 Å². The lowest BCUT2D eigenvalue weighted by Gasteiger charge is -2.11. The number of hydrogen-bond acceptors (Lipinski definition) is 2. The van der Waals surface area contributed by atoms with Crippen LogP contribution in [0.4, 0.5) is 0 Å². The molecule has 21 heavy (non-hydrogen) atoms. The van der Waals surface area contributed by atoms with E-state index >= 15 is 0 Å². The summed E-state index contributed by atoms with van der Waals surface area (Å²) < 4.78 is 6.92. The van der Waals surface area contributed by atoms with Crippen molar-refractivity contribution in [2.45, 2.75) is 26.8 Å². The highest BCUT2D eigenvalue weighted by atomic mass is 79.9. The molecule has 0 aromatic heterocycles. The maximum Gasteiger partial charge on any atom is 0.146 e. The fourth-order valence-corrected chi connectivity index (χ4v) is 2.44. The van der Waals surface area contributed by atoms with Crippen LogP contribution in [-0.4, -0.2) is 6.54 Å². The van der Waals surface area contributed by atoms with E-state index in [9.17, 15) is 0 Å². The first-order valence-corrected chi connectivity index (χ1v) is 8.20. The monoisotopic (exact) mass is 367 g/mol. The highest BCUT2D eigenvalue weighted by molar-refractivity contribution is 9.10. The summed E-state index contributed by atoms with van der Waals surface area (Å²) in [5, 5.41) is 3.99. The topological polar surface area (TPSA) is 21.3 Å². The second kappa shape index (κ2) is 7.83. The van der Waals surface area contributed by atoms with Crippen LogP contribution in [0.3, 0.4) is 0 Å². The van der Waals surface area contributed by atoms with Gasteiger partial charge in [-0.25, -0.2) is 0 Å². The van der Waals surface area contributed by atoms with E-state index in [2.05, 4.69) is 28.2 Å². The molecule has 2 rings (SSSR count). The Labute approximate surface area is 139 Å². The minimum absolute atomic E-state index is 0.631. The van der Waals surface area contributed by atoms with Crippen molar-refractivity contribution in [2.24, 2.45) is 0 Å². The molecule has 4 heteroatoms. The van der Waals surface area contributed by atoms with Gasteiger partial charge in [-0.1, -0.05) is 40.5 Å². The van der Waals surface area contributed by atoms with E-state index in [1.807, 2.05) is 43.3 Å². The maximum atomic E-state index is 6.30. The molecule has 0 bridgehead atoms. The molecule has 0 atom stereocenters. The zero-order valence-corrected chi connectivity index (χ0v) is 14.6. The number of hydrogen-bond donors (Lipinski definition) is 1. The highest BCUT2D eigenvalue weighted by Gasteiger charge is 2.06. The van der Waals surface area contributed by atoms with Gasteiger partial charge in [0.05, 0.1) is 5.02 Å². The lowest BCUT2D eigenvalue weighted by molar-refractivity contribution is 0.482. The molecule has 0 fully saturated rings. The largest absolute Gasteiger partial charge is 0.456 e. The smallest absolute Gasteiger partial charge is 0.146 e. The summed E-state index contributed by atoms with van der Waals surface area (Å²) in [7, 11) is 0. The Hall–Kier alpha value is -1.03. The van der Waals surface area contributed by atoms with E-state index in [1.54, 1.807) is 0 Å². The number of benzene rings is 2. The van der Waals surface area contributed by atoms with Crippen LogP contribution in [0, 0.1) is 6.92 Å². The molecule has 0 aliphatic rings. The summed E-state index contributed by atoms with van der Waals surface area (Å²) in [5.41, 5.74) is 2.29. The van der Waals surface area contributed by atoms with Gasteiger partial charge in [-0.2, -0.15) is 0 Å². The van der Waals surface area contributed by atoms with Gasteiger partial charge in [0.1, 0.15) is 11.5 Å². The fraction of sp³-hybridized carbons (Fsp3) is 0.294. The van der Waals surface area contributed by atoms with E-state index in [0.29, 0.717) is 10.8 Å². The van der Waals surface area contributed by atoms with Crippen molar-refractivity contribution in [3.8, 4) is 11.5 Å². The Bertz CT molecular complexity index is 616. The summed E-state index contributed by atoms with van der Waals surface area (Å²) in [6.07, 6.45) is 1.12. The van der Waals surface area contributed by atoms with Gasteiger partial charge >= 0.3 is 0 Å². The first-order valence-electron chi connectivity index (χ1n) is 7.03. The maximum absolute atomic E-state index is 6.30. The molecule has 112 valence electrons. The molecule has 1 N–H and O–H groups in total. The molecule has 0 heterocycles. The van der Waals surface area contributed by atoms with Gasteiger partial charge in [0.15, 0.2) is 0 Å². The molecule has 0 spiro atoms. The van der Waals surface area contributed by atoms with Crippen LogP contribution in [0.1, 0.15) is 24.5 Å². The molecule has 0 saturated carbocycles. The summed E-state index contributed by atoms with van der Waals surface area (Å²) in [4.78, 5) is 0. The van der Waals surface area contributed by atoms with Crippen molar-refractivity contribution in [1.82, 2.24) is 5.32 Å². The van der Waals surface area contributed by atoms with E-state index in [0.717, 1.165) is 40.9 Å². The third-order valence-electron chi connectivity index (χ3n) is 3.11. The molecule has 2 nitrogen and oxygen atoms in total. The quantitative estimate of drug-likeness (QED) is 0.660. The van der Waals surface area contributed by atoms with Crippen LogP contribution in [0.5, 0.6) is 11.5 Å². The van der Waals surface area contributed by atoms with Crippen molar-refractivity contribution in [1.29, 1.82) is 0 Å². The van der Waals surface area contributed by atoms with Gasteiger partial charge in [-0.3, -0.25) is 0 Å². The second-order valence-corrected chi connectivity index (χ2v) is 6.22. The highest BCUT2D eigenvalue weighted by Crippen LogP contribution is 2.31. The molecule has 0 radical (unpaired) electrons. The van der Waals surface area contributed by atoms with Crippen molar-refractivity contribution in [2.75, 3.05) is 6.54 Å².